The number of carbonyl (C=O) groups is 2. The van der Waals surface area contributed by atoms with Gasteiger partial charge < -0.3 is 9.80 Å². The zero-order valence-corrected chi connectivity index (χ0v) is 43.6. The van der Waals surface area contributed by atoms with Crippen molar-refractivity contribution >= 4 is 11.8 Å². The summed E-state index contributed by atoms with van der Waals surface area (Å²) in [7, 11) is 0. The fourth-order valence-corrected chi connectivity index (χ4v) is 10.5. The molecule has 63 heavy (non-hydrogen) atoms. The fourth-order valence-electron chi connectivity index (χ4n) is 10.5. The molecule has 4 aliphatic carbocycles. The average Bonchev–Trinajstić information content (AvgIpc) is 4.07. The van der Waals surface area contributed by atoms with E-state index in [0.717, 1.165) is 99.0 Å². The van der Waals surface area contributed by atoms with Gasteiger partial charge in [0.15, 0.2) is 0 Å². The molecule has 10 atom stereocenters. The molecule has 0 aromatic carbocycles. The van der Waals surface area contributed by atoms with E-state index in [1.165, 1.54) is 108 Å². The molecular formula is C58H103N3O2. The van der Waals surface area contributed by atoms with Crippen LogP contribution in [0.25, 0.3) is 0 Å². The van der Waals surface area contributed by atoms with Gasteiger partial charge in [0.25, 0.3) is 0 Å². The Morgan fingerprint density at radius 2 is 1.13 bits per heavy atom. The van der Waals surface area contributed by atoms with E-state index in [1.807, 2.05) is 22.2 Å². The van der Waals surface area contributed by atoms with Crippen molar-refractivity contribution in [3.63, 3.8) is 0 Å². The highest BCUT2D eigenvalue weighted by Crippen LogP contribution is 2.47. The zero-order valence-electron chi connectivity index (χ0n) is 43.6. The van der Waals surface area contributed by atoms with E-state index in [1.54, 1.807) is 0 Å². The molecule has 2 bridgehead atoms. The molecular weight excluding hydrogens is 771 g/mol. The first-order valence-electron chi connectivity index (χ1n) is 27.2. The van der Waals surface area contributed by atoms with Crippen molar-refractivity contribution in [2.24, 2.45) is 47.3 Å². The highest BCUT2D eigenvalue weighted by Gasteiger charge is 2.37. The summed E-state index contributed by atoms with van der Waals surface area (Å²) in [5.74, 6) is 9.23. The molecule has 2 saturated carbocycles. The molecule has 2 saturated heterocycles. The van der Waals surface area contributed by atoms with E-state index >= 15 is 0 Å². The number of nitrogens with zero attached hydrogens (tertiary/aromatic N) is 3. The second-order valence-corrected chi connectivity index (χ2v) is 20.7. The lowest BCUT2D eigenvalue weighted by molar-refractivity contribution is -0.132. The van der Waals surface area contributed by atoms with Crippen molar-refractivity contribution in [3.8, 4) is 0 Å². The lowest BCUT2D eigenvalue weighted by Crippen LogP contribution is -2.37. The molecule has 5 heteroatoms. The Labute approximate surface area is 391 Å². The number of hydrogen-bond acceptors (Lipinski definition) is 3. The SMILES string of the molecule is CCC(C)C1CC2C=CC1C2.CCC(C)C1CC=CCC1.CCC(C)C1CCCCC1.CCC(C)N1CCCC1=O.CCC(C)N1CCCCCC1=O.CCC(C)c1ccncc1. The number of carbonyl (C=O) groups excluding carboxylic acids is 2. The van der Waals surface area contributed by atoms with Gasteiger partial charge in [0.2, 0.25) is 11.8 Å². The number of aromatic nitrogens is 1. The summed E-state index contributed by atoms with van der Waals surface area (Å²) in [5.41, 5.74) is 1.39. The summed E-state index contributed by atoms with van der Waals surface area (Å²) in [4.78, 5) is 30.6. The minimum Gasteiger partial charge on any atom is -0.340 e. The molecule has 2 aliphatic heterocycles. The van der Waals surface area contributed by atoms with Gasteiger partial charge in [-0.25, -0.2) is 0 Å². The van der Waals surface area contributed by atoms with E-state index in [9.17, 15) is 9.59 Å². The van der Waals surface area contributed by atoms with Crippen LogP contribution in [0.15, 0.2) is 48.8 Å². The number of allylic oxidation sites excluding steroid dienone is 4. The van der Waals surface area contributed by atoms with Gasteiger partial charge in [-0.3, -0.25) is 14.6 Å². The maximum atomic E-state index is 11.5. The van der Waals surface area contributed by atoms with E-state index in [0.29, 0.717) is 29.8 Å². The minimum absolute atomic E-state index is 0.342. The predicted octanol–water partition coefficient (Wildman–Crippen LogP) is 16.4. The molecule has 2 amide bonds. The molecule has 0 spiro atoms. The van der Waals surface area contributed by atoms with E-state index in [-0.39, 0.29) is 0 Å². The standard InChI is InChI=1S/C11H18.C10H19NO.C10H20.C10H18.C9H13N.C8H15NO/c1-3-8(2)11-7-9-4-5-10(11)6-9;1-3-9(2)11-8-6-4-5-7-10(11)12;2*1-3-9(2)10-7-5-4-6-8-10;1-3-8(2)9-4-6-10-7-5-9;1-3-7(2)9-6-4-5-8(9)10/h4-5,8-11H,3,6-7H2,1-2H3;9H,3-8H2,1-2H3;9-10H,3-8H2,1-2H3;4-5,9-10H,3,6-8H2,1-2H3;4-8H,3H2,1-2H3;7H,3-6H2,1-2H3. The van der Waals surface area contributed by atoms with Crippen LogP contribution < -0.4 is 0 Å². The summed E-state index contributed by atoms with van der Waals surface area (Å²) >= 11 is 0. The van der Waals surface area contributed by atoms with Gasteiger partial charge in [-0.05, 0) is 155 Å². The maximum Gasteiger partial charge on any atom is 0.222 e. The van der Waals surface area contributed by atoms with E-state index in [4.69, 9.17) is 0 Å². The minimum atomic E-state index is 0.342. The van der Waals surface area contributed by atoms with Crippen molar-refractivity contribution in [2.75, 3.05) is 13.1 Å². The quantitative estimate of drug-likeness (QED) is 0.197. The molecule has 10 unspecified atom stereocenters. The zero-order chi connectivity index (χ0) is 46.6. The van der Waals surface area contributed by atoms with Gasteiger partial charge in [0.05, 0.1) is 0 Å². The Kier molecular flexibility index (Phi) is 29.8. The molecule has 5 nitrogen and oxygen atoms in total. The van der Waals surface area contributed by atoms with Gasteiger partial charge in [-0.2, -0.15) is 0 Å². The van der Waals surface area contributed by atoms with Crippen molar-refractivity contribution in [1.82, 2.24) is 14.8 Å². The largest absolute Gasteiger partial charge is 0.340 e. The number of pyridine rings is 1. The summed E-state index contributed by atoms with van der Waals surface area (Å²) < 4.78 is 0. The van der Waals surface area contributed by atoms with Gasteiger partial charge in [0.1, 0.15) is 0 Å². The number of amides is 2. The van der Waals surface area contributed by atoms with Crippen molar-refractivity contribution < 1.29 is 9.59 Å². The number of hydrogen-bond donors (Lipinski definition) is 0. The molecule has 0 radical (unpaired) electrons. The third-order valence-corrected chi connectivity index (χ3v) is 16.4. The Morgan fingerprint density at radius 1 is 0.571 bits per heavy atom. The molecule has 3 heterocycles. The Morgan fingerprint density at radius 3 is 1.60 bits per heavy atom. The average molecular weight is 874 g/mol. The van der Waals surface area contributed by atoms with Gasteiger partial charge in [0, 0.05) is 50.4 Å². The van der Waals surface area contributed by atoms with Crippen LogP contribution in [0.4, 0.5) is 0 Å². The third kappa shape index (κ3) is 21.2. The number of rotatable bonds is 12. The topological polar surface area (TPSA) is 53.5 Å². The summed E-state index contributed by atoms with van der Waals surface area (Å²) in [6.45, 7) is 29.1. The van der Waals surface area contributed by atoms with E-state index in [2.05, 4.69) is 125 Å². The van der Waals surface area contributed by atoms with Crippen LogP contribution in [-0.4, -0.2) is 51.8 Å². The van der Waals surface area contributed by atoms with Crippen LogP contribution in [-0.2, 0) is 9.59 Å². The Hall–Kier alpha value is -2.43. The normalized spacial score (nSPS) is 25.7. The molecule has 0 N–H and O–H groups in total. The van der Waals surface area contributed by atoms with Crippen LogP contribution in [0, 0.1) is 47.3 Å². The molecule has 362 valence electrons. The molecule has 6 aliphatic rings. The number of likely N-dealkylation sites (tertiary alicyclic amines) is 2. The molecule has 1 aromatic rings. The van der Waals surface area contributed by atoms with Gasteiger partial charge >= 0.3 is 0 Å². The summed E-state index contributed by atoms with van der Waals surface area (Å²) in [6, 6.07) is 5.05. The Balaban J connectivity index is 0.000000260. The lowest BCUT2D eigenvalue weighted by Gasteiger charge is -2.26. The fraction of sp³-hybridized carbons (Fsp3) is 0.810. The highest BCUT2D eigenvalue weighted by molar-refractivity contribution is 5.78. The first-order chi connectivity index (χ1) is 30.3. The molecule has 7 rings (SSSR count). The monoisotopic (exact) mass is 874 g/mol. The van der Waals surface area contributed by atoms with Gasteiger partial charge in [-0.15, -0.1) is 0 Å². The van der Waals surface area contributed by atoms with Crippen molar-refractivity contribution in [1.29, 1.82) is 0 Å². The highest BCUT2D eigenvalue weighted by atomic mass is 16.2. The second-order valence-electron chi connectivity index (χ2n) is 20.7. The van der Waals surface area contributed by atoms with Crippen LogP contribution >= 0.6 is 0 Å². The first-order valence-corrected chi connectivity index (χ1v) is 27.2. The van der Waals surface area contributed by atoms with Crippen LogP contribution in [0.1, 0.15) is 236 Å². The first kappa shape index (κ1) is 56.7. The second kappa shape index (κ2) is 33.1. The molecule has 4 fully saturated rings. The van der Waals surface area contributed by atoms with Crippen LogP contribution in [0.3, 0.4) is 0 Å². The smallest absolute Gasteiger partial charge is 0.222 e. The lowest BCUT2D eigenvalue weighted by atomic mass is 9.80. The van der Waals surface area contributed by atoms with Crippen molar-refractivity contribution in [3.05, 3.63) is 54.4 Å². The molecule has 1 aromatic heterocycles. The van der Waals surface area contributed by atoms with Crippen molar-refractivity contribution in [2.45, 2.75) is 242 Å². The summed E-state index contributed by atoms with van der Waals surface area (Å²) in [6.07, 6.45) is 41.3. The predicted molar refractivity (Wildman–Crippen MR) is 274 cm³/mol. The van der Waals surface area contributed by atoms with Crippen LogP contribution in [0.5, 0.6) is 0 Å². The third-order valence-electron chi connectivity index (χ3n) is 16.4. The maximum absolute atomic E-state index is 11.5. The van der Waals surface area contributed by atoms with E-state index < -0.39 is 0 Å². The number of fused-ring (bicyclic) bond motifs is 2. The van der Waals surface area contributed by atoms with Gasteiger partial charge in [-0.1, -0.05) is 151 Å². The summed E-state index contributed by atoms with van der Waals surface area (Å²) in [5, 5.41) is 0. The Bertz CT molecular complexity index is 1370. The van der Waals surface area contributed by atoms with Crippen LogP contribution in [0.2, 0.25) is 0 Å².